The maximum Gasteiger partial charge on any atom is 0.335 e. The van der Waals surface area contributed by atoms with E-state index in [9.17, 15) is 9.90 Å². The highest BCUT2D eigenvalue weighted by molar-refractivity contribution is 6.10. The topological polar surface area (TPSA) is 51.5 Å². The number of aromatic nitrogens is 1. The van der Waals surface area contributed by atoms with Gasteiger partial charge in [0.05, 0.1) is 12.2 Å². The van der Waals surface area contributed by atoms with Gasteiger partial charge in [-0.15, -0.1) is 0 Å². The molecule has 1 N–H and O–H groups in total. The SMILES string of the molecule is CCOc1ccc2c(c1)c1cc(C(=O)O)ccc1n2CC. The van der Waals surface area contributed by atoms with Gasteiger partial charge in [-0.05, 0) is 50.2 Å². The van der Waals surface area contributed by atoms with Gasteiger partial charge in [0.1, 0.15) is 5.75 Å². The van der Waals surface area contributed by atoms with E-state index in [1.165, 1.54) is 0 Å². The van der Waals surface area contributed by atoms with Crippen LogP contribution in [0.4, 0.5) is 0 Å². The lowest BCUT2D eigenvalue weighted by Crippen LogP contribution is -1.96. The molecule has 4 heteroatoms. The first kappa shape index (κ1) is 13.5. The molecule has 0 aliphatic rings. The van der Waals surface area contributed by atoms with Gasteiger partial charge in [-0.25, -0.2) is 4.79 Å². The number of nitrogens with zero attached hydrogens (tertiary/aromatic N) is 1. The summed E-state index contributed by atoms with van der Waals surface area (Å²) in [6.07, 6.45) is 0. The summed E-state index contributed by atoms with van der Waals surface area (Å²) in [5, 5.41) is 11.2. The van der Waals surface area contributed by atoms with E-state index in [0.717, 1.165) is 34.1 Å². The van der Waals surface area contributed by atoms with Crippen LogP contribution in [0.5, 0.6) is 5.75 Å². The smallest absolute Gasteiger partial charge is 0.335 e. The van der Waals surface area contributed by atoms with Crippen molar-refractivity contribution in [1.82, 2.24) is 4.57 Å². The van der Waals surface area contributed by atoms with Crippen LogP contribution in [0.15, 0.2) is 36.4 Å². The summed E-state index contributed by atoms with van der Waals surface area (Å²) in [5.41, 5.74) is 2.45. The lowest BCUT2D eigenvalue weighted by Gasteiger charge is -2.04. The number of carboxylic acid groups (broad SMARTS) is 1. The summed E-state index contributed by atoms with van der Waals surface area (Å²) in [4.78, 5) is 11.2. The molecule has 3 aromatic rings. The quantitative estimate of drug-likeness (QED) is 0.789. The normalized spacial score (nSPS) is 11.1. The second-order valence-corrected chi connectivity index (χ2v) is 4.89. The number of aromatic carboxylic acids is 1. The van der Waals surface area contributed by atoms with Gasteiger partial charge in [0, 0.05) is 28.4 Å². The number of benzene rings is 2. The molecule has 4 nitrogen and oxygen atoms in total. The molecule has 0 radical (unpaired) electrons. The average Bonchev–Trinajstić information content (AvgIpc) is 2.80. The Labute approximate surface area is 122 Å². The van der Waals surface area contributed by atoms with Crippen molar-refractivity contribution in [2.75, 3.05) is 6.61 Å². The lowest BCUT2D eigenvalue weighted by atomic mass is 10.1. The van der Waals surface area contributed by atoms with Crippen LogP contribution < -0.4 is 4.74 Å². The molecule has 1 heterocycles. The van der Waals surface area contributed by atoms with Crippen LogP contribution in [0.2, 0.25) is 0 Å². The Kier molecular flexibility index (Phi) is 3.29. The predicted molar refractivity (Wildman–Crippen MR) is 83.2 cm³/mol. The van der Waals surface area contributed by atoms with E-state index in [0.29, 0.717) is 12.2 Å². The summed E-state index contributed by atoms with van der Waals surface area (Å²) in [6, 6.07) is 11.2. The summed E-state index contributed by atoms with van der Waals surface area (Å²) in [5.74, 6) is -0.101. The minimum Gasteiger partial charge on any atom is -0.494 e. The van der Waals surface area contributed by atoms with E-state index < -0.39 is 5.97 Å². The second kappa shape index (κ2) is 5.13. The van der Waals surface area contributed by atoms with Crippen molar-refractivity contribution >= 4 is 27.8 Å². The molecule has 0 bridgehead atoms. The molecular formula is C17H17NO3. The number of hydrogen-bond acceptors (Lipinski definition) is 2. The van der Waals surface area contributed by atoms with Crippen molar-refractivity contribution in [3.63, 3.8) is 0 Å². The number of carboxylic acids is 1. The number of aryl methyl sites for hydroxylation is 1. The Balaban J connectivity index is 2.36. The summed E-state index contributed by atoms with van der Waals surface area (Å²) >= 11 is 0. The fourth-order valence-electron chi connectivity index (χ4n) is 2.81. The molecule has 0 atom stereocenters. The van der Waals surface area contributed by atoms with Crippen LogP contribution in [0.3, 0.4) is 0 Å². The molecule has 0 amide bonds. The number of ether oxygens (including phenoxy) is 1. The van der Waals surface area contributed by atoms with E-state index in [4.69, 9.17) is 4.74 Å². The highest BCUT2D eigenvalue weighted by Gasteiger charge is 2.13. The summed E-state index contributed by atoms with van der Waals surface area (Å²) in [6.45, 7) is 5.47. The maximum atomic E-state index is 11.2. The molecule has 2 aromatic carbocycles. The van der Waals surface area contributed by atoms with Crippen molar-refractivity contribution in [1.29, 1.82) is 0 Å². The number of fused-ring (bicyclic) bond motifs is 3. The summed E-state index contributed by atoms with van der Waals surface area (Å²) in [7, 11) is 0. The van der Waals surface area contributed by atoms with Crippen molar-refractivity contribution in [3.8, 4) is 5.75 Å². The highest BCUT2D eigenvalue weighted by Crippen LogP contribution is 2.32. The van der Waals surface area contributed by atoms with Gasteiger partial charge in [0.2, 0.25) is 0 Å². The molecule has 0 saturated heterocycles. The fraction of sp³-hybridized carbons (Fsp3) is 0.235. The van der Waals surface area contributed by atoms with Crippen LogP contribution >= 0.6 is 0 Å². The summed E-state index contributed by atoms with van der Waals surface area (Å²) < 4.78 is 7.74. The first-order valence-corrected chi connectivity index (χ1v) is 7.07. The minimum absolute atomic E-state index is 0.305. The Hall–Kier alpha value is -2.49. The Morgan fingerprint density at radius 1 is 1.10 bits per heavy atom. The van der Waals surface area contributed by atoms with Gasteiger partial charge in [-0.2, -0.15) is 0 Å². The highest BCUT2D eigenvalue weighted by atomic mass is 16.5. The van der Waals surface area contributed by atoms with Gasteiger partial charge in [0.25, 0.3) is 0 Å². The van der Waals surface area contributed by atoms with Crippen LogP contribution in [-0.2, 0) is 6.54 Å². The molecular weight excluding hydrogens is 266 g/mol. The minimum atomic E-state index is -0.907. The molecule has 108 valence electrons. The molecule has 21 heavy (non-hydrogen) atoms. The zero-order valence-corrected chi connectivity index (χ0v) is 12.1. The van der Waals surface area contributed by atoms with Gasteiger partial charge in [-0.3, -0.25) is 0 Å². The number of rotatable bonds is 4. The zero-order chi connectivity index (χ0) is 15.0. The Morgan fingerprint density at radius 2 is 1.76 bits per heavy atom. The van der Waals surface area contributed by atoms with Gasteiger partial charge in [0.15, 0.2) is 0 Å². The first-order valence-electron chi connectivity index (χ1n) is 7.07. The van der Waals surface area contributed by atoms with Crippen molar-refractivity contribution < 1.29 is 14.6 Å². The molecule has 1 aromatic heterocycles. The van der Waals surface area contributed by atoms with E-state index in [1.54, 1.807) is 12.1 Å². The van der Waals surface area contributed by atoms with Crippen molar-refractivity contribution in [2.24, 2.45) is 0 Å². The number of hydrogen-bond donors (Lipinski definition) is 1. The van der Waals surface area contributed by atoms with Crippen LogP contribution in [0.25, 0.3) is 21.8 Å². The molecule has 0 aliphatic carbocycles. The van der Waals surface area contributed by atoms with Crippen LogP contribution in [0.1, 0.15) is 24.2 Å². The lowest BCUT2D eigenvalue weighted by molar-refractivity contribution is 0.0697. The fourth-order valence-corrected chi connectivity index (χ4v) is 2.81. The first-order chi connectivity index (χ1) is 10.2. The van der Waals surface area contributed by atoms with E-state index in [2.05, 4.69) is 11.5 Å². The largest absolute Gasteiger partial charge is 0.494 e. The predicted octanol–water partition coefficient (Wildman–Crippen LogP) is 3.91. The maximum absolute atomic E-state index is 11.2. The molecule has 3 rings (SSSR count). The van der Waals surface area contributed by atoms with Gasteiger partial charge >= 0.3 is 5.97 Å². The third-order valence-electron chi connectivity index (χ3n) is 3.71. The van der Waals surface area contributed by atoms with Crippen molar-refractivity contribution in [3.05, 3.63) is 42.0 Å². The molecule has 0 spiro atoms. The van der Waals surface area contributed by atoms with E-state index in [-0.39, 0.29) is 0 Å². The average molecular weight is 283 g/mol. The second-order valence-electron chi connectivity index (χ2n) is 4.89. The third kappa shape index (κ3) is 2.13. The Morgan fingerprint density at radius 3 is 2.38 bits per heavy atom. The molecule has 0 unspecified atom stereocenters. The zero-order valence-electron chi connectivity index (χ0n) is 12.1. The third-order valence-corrected chi connectivity index (χ3v) is 3.71. The molecule has 0 fully saturated rings. The standard InChI is InChI=1S/C17H17NO3/c1-3-18-15-7-5-11(17(19)20)9-13(15)14-10-12(21-4-2)6-8-16(14)18/h5-10H,3-4H2,1-2H3,(H,19,20). The van der Waals surface area contributed by atoms with Crippen LogP contribution in [-0.4, -0.2) is 22.2 Å². The van der Waals surface area contributed by atoms with Crippen molar-refractivity contribution in [2.45, 2.75) is 20.4 Å². The monoisotopic (exact) mass is 283 g/mol. The van der Waals surface area contributed by atoms with Gasteiger partial charge in [-0.1, -0.05) is 0 Å². The molecule has 0 saturated carbocycles. The van der Waals surface area contributed by atoms with E-state index >= 15 is 0 Å². The molecule has 0 aliphatic heterocycles. The van der Waals surface area contributed by atoms with Gasteiger partial charge < -0.3 is 14.4 Å². The van der Waals surface area contributed by atoms with E-state index in [1.807, 2.05) is 31.2 Å². The number of carbonyl (C=O) groups is 1. The Bertz CT molecular complexity index is 833. The van der Waals surface area contributed by atoms with Crippen LogP contribution in [0, 0.1) is 0 Å².